The topological polar surface area (TPSA) is 111 Å². The van der Waals surface area contributed by atoms with E-state index in [0.717, 1.165) is 11.3 Å². The average Bonchev–Trinajstić information content (AvgIpc) is 3.40. The van der Waals surface area contributed by atoms with Gasteiger partial charge in [-0.05, 0) is 66.6 Å². The Morgan fingerprint density at radius 2 is 1.83 bits per heavy atom. The molecule has 3 heterocycles. The third-order valence-corrected chi connectivity index (χ3v) is 7.10. The molecule has 13 heteroatoms. The van der Waals surface area contributed by atoms with Crippen LogP contribution in [-0.4, -0.2) is 45.8 Å². The number of alkyl halides is 3. The van der Waals surface area contributed by atoms with E-state index in [-0.39, 0.29) is 17.5 Å². The van der Waals surface area contributed by atoms with Gasteiger partial charge in [-0.25, -0.2) is 4.98 Å². The third kappa shape index (κ3) is 6.56. The number of rotatable bonds is 9. The van der Waals surface area contributed by atoms with Gasteiger partial charge in [0, 0.05) is 37.8 Å². The fourth-order valence-corrected chi connectivity index (χ4v) is 5.05. The van der Waals surface area contributed by atoms with Crippen molar-refractivity contribution in [3.05, 3.63) is 100.0 Å². The van der Waals surface area contributed by atoms with Crippen molar-refractivity contribution in [3.8, 4) is 11.5 Å². The molecule has 1 aliphatic heterocycles. The number of amides is 1. The van der Waals surface area contributed by atoms with Crippen molar-refractivity contribution < 1.29 is 32.4 Å². The molecule has 0 saturated carbocycles. The Morgan fingerprint density at radius 1 is 1.12 bits per heavy atom. The number of piperidine rings is 1. The first kappa shape index (κ1) is 28.7. The maximum Gasteiger partial charge on any atom is 0.573 e. The molecule has 220 valence electrons. The molecule has 1 aliphatic rings. The second kappa shape index (κ2) is 12.0. The Kier molecular flexibility index (Phi) is 8.18. The molecule has 2 aromatic heterocycles. The van der Waals surface area contributed by atoms with Crippen LogP contribution in [0.2, 0.25) is 0 Å². The number of carbonyl (C=O) groups excluding carboxylic acids is 1. The molecule has 1 fully saturated rings. The maximum atomic E-state index is 13.0. The van der Waals surface area contributed by atoms with Gasteiger partial charge in [0.2, 0.25) is 0 Å². The van der Waals surface area contributed by atoms with Crippen molar-refractivity contribution >= 4 is 17.2 Å². The molecular weight excluding hydrogens is 555 g/mol. The second-order valence-corrected chi connectivity index (χ2v) is 9.79. The summed E-state index contributed by atoms with van der Waals surface area (Å²) in [6.07, 6.45) is -1.38. The van der Waals surface area contributed by atoms with Crippen LogP contribution >= 0.6 is 0 Å². The number of hydrogen-bond donors (Lipinski definition) is 1. The Hall–Kier alpha value is -4.81. The van der Waals surface area contributed by atoms with Crippen molar-refractivity contribution in [2.24, 2.45) is 0 Å². The van der Waals surface area contributed by atoms with Crippen LogP contribution in [0, 0.1) is 10.1 Å². The largest absolute Gasteiger partial charge is 0.573 e. The van der Waals surface area contributed by atoms with Gasteiger partial charge in [-0.2, -0.15) is 0 Å². The van der Waals surface area contributed by atoms with Gasteiger partial charge in [-0.3, -0.25) is 24.6 Å². The Labute approximate surface area is 238 Å². The van der Waals surface area contributed by atoms with Gasteiger partial charge in [-0.1, -0.05) is 13.0 Å². The van der Waals surface area contributed by atoms with Crippen molar-refractivity contribution in [2.45, 2.75) is 44.8 Å². The van der Waals surface area contributed by atoms with E-state index in [0.29, 0.717) is 49.3 Å². The molecule has 1 N–H and O–H groups in total. The lowest BCUT2D eigenvalue weighted by Crippen LogP contribution is -2.38. The molecule has 4 aromatic rings. The van der Waals surface area contributed by atoms with E-state index in [2.05, 4.69) is 19.9 Å². The zero-order valence-electron chi connectivity index (χ0n) is 22.6. The number of halogens is 3. The number of fused-ring (bicyclic) bond motifs is 1. The summed E-state index contributed by atoms with van der Waals surface area (Å²) in [5, 5.41) is 14.6. The van der Waals surface area contributed by atoms with Gasteiger partial charge in [0.25, 0.3) is 5.91 Å². The molecule has 0 spiro atoms. The van der Waals surface area contributed by atoms with Gasteiger partial charge in [0.05, 0.1) is 16.7 Å². The number of aryl methyl sites for hydroxylation is 1. The monoisotopic (exact) mass is 583 g/mol. The molecule has 0 bridgehead atoms. The lowest BCUT2D eigenvalue weighted by Gasteiger charge is -2.34. The molecule has 10 nitrogen and oxygen atoms in total. The fourth-order valence-electron chi connectivity index (χ4n) is 5.05. The van der Waals surface area contributed by atoms with E-state index < -0.39 is 23.4 Å². The zero-order chi connectivity index (χ0) is 29.9. The number of pyridine rings is 1. The number of aromatic nitrogens is 2. The molecule has 0 aliphatic carbocycles. The van der Waals surface area contributed by atoms with Crippen molar-refractivity contribution in [1.82, 2.24) is 14.7 Å². The van der Waals surface area contributed by atoms with Crippen LogP contribution in [0.25, 0.3) is 5.65 Å². The molecule has 42 heavy (non-hydrogen) atoms. The first-order valence-corrected chi connectivity index (χ1v) is 13.4. The minimum atomic E-state index is -4.75. The molecule has 2 aromatic carbocycles. The van der Waals surface area contributed by atoms with Crippen LogP contribution in [0.1, 0.15) is 47.5 Å². The number of hydrogen-bond acceptors (Lipinski definition) is 7. The highest BCUT2D eigenvalue weighted by Crippen LogP contribution is 2.30. The molecule has 1 saturated heterocycles. The standard InChI is InChI=1S/C29H28F3N5O5/c1-2-19-17-20(35-15-12-22(13-16-35)41-21-7-9-23(10-8-21)42-29(30,31)32)6-11-24(19)27(37(39)40)34-28(38)25-18-33-26-5-3-4-14-36(25)26/h3-11,14,17-18,22,27H,2,12-13,15-16H2,1H3,(H,34,38). The molecule has 1 unspecified atom stereocenters. The number of anilines is 1. The molecule has 1 amide bonds. The summed E-state index contributed by atoms with van der Waals surface area (Å²) in [6.45, 7) is 3.22. The van der Waals surface area contributed by atoms with Crippen LogP contribution < -0.4 is 19.7 Å². The molecule has 1 atom stereocenters. The van der Waals surface area contributed by atoms with Crippen molar-refractivity contribution in [2.75, 3.05) is 18.0 Å². The van der Waals surface area contributed by atoms with Gasteiger partial charge >= 0.3 is 12.5 Å². The van der Waals surface area contributed by atoms with Gasteiger partial charge < -0.3 is 14.4 Å². The minimum absolute atomic E-state index is 0.116. The summed E-state index contributed by atoms with van der Waals surface area (Å²) >= 11 is 0. The van der Waals surface area contributed by atoms with Gasteiger partial charge in [0.15, 0.2) is 0 Å². The van der Waals surface area contributed by atoms with Crippen LogP contribution in [0.5, 0.6) is 11.5 Å². The molecular formula is C29H28F3N5O5. The number of imidazole rings is 1. The smallest absolute Gasteiger partial charge is 0.490 e. The van der Waals surface area contributed by atoms with Crippen molar-refractivity contribution in [1.29, 1.82) is 0 Å². The van der Waals surface area contributed by atoms with Gasteiger partial charge in [0.1, 0.15) is 28.9 Å². The number of nitrogens with one attached hydrogen (secondary N) is 1. The highest BCUT2D eigenvalue weighted by atomic mass is 19.4. The molecule has 5 rings (SSSR count). The summed E-state index contributed by atoms with van der Waals surface area (Å²) in [7, 11) is 0. The summed E-state index contributed by atoms with van der Waals surface area (Å²) < 4.78 is 48.6. The van der Waals surface area contributed by atoms with E-state index in [4.69, 9.17) is 4.74 Å². The van der Waals surface area contributed by atoms with Crippen LogP contribution in [0.15, 0.2) is 73.1 Å². The van der Waals surface area contributed by atoms with E-state index >= 15 is 0 Å². The predicted octanol–water partition coefficient (Wildman–Crippen LogP) is 5.55. The summed E-state index contributed by atoms with van der Waals surface area (Å²) in [5.41, 5.74) is 2.80. The Bertz CT molecular complexity index is 1570. The quantitative estimate of drug-likeness (QED) is 0.156. The zero-order valence-corrected chi connectivity index (χ0v) is 22.6. The number of carbonyl (C=O) groups is 1. The highest BCUT2D eigenvalue weighted by Gasteiger charge is 2.32. The van der Waals surface area contributed by atoms with E-state index in [1.807, 2.05) is 19.1 Å². The lowest BCUT2D eigenvalue weighted by molar-refractivity contribution is -0.533. The van der Waals surface area contributed by atoms with Crippen LogP contribution in [0.3, 0.4) is 0 Å². The average molecular weight is 584 g/mol. The Balaban J connectivity index is 1.23. The lowest BCUT2D eigenvalue weighted by atomic mass is 10.00. The first-order valence-electron chi connectivity index (χ1n) is 13.4. The number of benzene rings is 2. The SMILES string of the molecule is CCc1cc(N2CCC(Oc3ccc(OC(F)(F)F)cc3)CC2)ccc1C(NC(=O)c1cnc2ccccn12)[N+](=O)[O-]. The van der Waals surface area contributed by atoms with Gasteiger partial charge in [-0.15, -0.1) is 13.2 Å². The van der Waals surface area contributed by atoms with Crippen molar-refractivity contribution in [3.63, 3.8) is 0 Å². The predicted molar refractivity (Wildman–Crippen MR) is 147 cm³/mol. The normalized spacial score (nSPS) is 14.9. The fraction of sp³-hybridized carbons (Fsp3) is 0.310. The maximum absolute atomic E-state index is 13.0. The summed E-state index contributed by atoms with van der Waals surface area (Å²) in [6, 6.07) is 16.0. The third-order valence-electron chi connectivity index (χ3n) is 7.10. The highest BCUT2D eigenvalue weighted by molar-refractivity contribution is 5.93. The summed E-state index contributed by atoms with van der Waals surface area (Å²) in [5.74, 6) is -0.461. The molecule has 0 radical (unpaired) electrons. The summed E-state index contributed by atoms with van der Waals surface area (Å²) in [4.78, 5) is 30.9. The van der Waals surface area contributed by atoms with Crippen LogP contribution in [0.4, 0.5) is 18.9 Å². The number of nitro groups is 1. The van der Waals surface area contributed by atoms with E-state index in [1.165, 1.54) is 30.5 Å². The second-order valence-electron chi connectivity index (χ2n) is 9.79. The van der Waals surface area contributed by atoms with E-state index in [9.17, 15) is 28.1 Å². The van der Waals surface area contributed by atoms with Crippen LogP contribution in [-0.2, 0) is 6.42 Å². The number of ether oxygens (including phenoxy) is 2. The first-order chi connectivity index (χ1) is 20.1. The Morgan fingerprint density at radius 3 is 2.50 bits per heavy atom. The van der Waals surface area contributed by atoms with E-state index in [1.54, 1.807) is 34.9 Å². The number of nitrogens with zero attached hydrogens (tertiary/aromatic N) is 4. The minimum Gasteiger partial charge on any atom is -0.490 e.